The molecule has 2 aliphatic heterocycles. The highest BCUT2D eigenvalue weighted by Crippen LogP contribution is 2.38. The Morgan fingerprint density at radius 3 is 2.74 bits per heavy atom. The van der Waals surface area contributed by atoms with E-state index < -0.39 is 11.8 Å². The Labute approximate surface area is 213 Å². The number of nitrogens with one attached hydrogen (secondary N) is 1. The molecule has 2 aliphatic rings. The van der Waals surface area contributed by atoms with Crippen molar-refractivity contribution in [1.82, 2.24) is 24.6 Å². The molecule has 0 radical (unpaired) electrons. The first-order valence-corrected chi connectivity index (χ1v) is 12.5. The maximum Gasteiger partial charge on any atom is 0.227 e. The number of aliphatic hydroxyl groups is 1. The van der Waals surface area contributed by atoms with Crippen LogP contribution >= 0.6 is 23.2 Å². The number of hydrogen-bond acceptors (Lipinski definition) is 7. The third-order valence-electron chi connectivity index (χ3n) is 6.77. The van der Waals surface area contributed by atoms with Crippen LogP contribution in [-0.2, 0) is 11.3 Å². The maximum absolute atomic E-state index is 15.3. The summed E-state index contributed by atoms with van der Waals surface area (Å²) >= 11 is 13.0. The number of ether oxygens (including phenoxy) is 1. The number of anilines is 2. The predicted molar refractivity (Wildman–Crippen MR) is 134 cm³/mol. The van der Waals surface area contributed by atoms with Crippen LogP contribution in [-0.4, -0.2) is 73.4 Å². The van der Waals surface area contributed by atoms with Crippen molar-refractivity contribution in [2.24, 2.45) is 0 Å². The highest BCUT2D eigenvalue weighted by atomic mass is 35.5. The summed E-state index contributed by atoms with van der Waals surface area (Å²) in [4.78, 5) is 11.2. The number of likely N-dealkylation sites (tertiary alicyclic amines) is 1. The normalized spacial score (nSPS) is 25.6. The van der Waals surface area contributed by atoms with Crippen molar-refractivity contribution in [3.8, 4) is 0 Å². The monoisotopic (exact) mass is 522 g/mol. The summed E-state index contributed by atoms with van der Waals surface area (Å²) in [5.74, 6) is 0.0430. The van der Waals surface area contributed by atoms with E-state index in [4.69, 9.17) is 27.9 Å². The molecule has 2 saturated heterocycles. The SMILES string of the molecule is C[C@H]1OC[C@@H]1N1CC[C@@H](c2cc3nc(Nc4cnn(CC(C)(C)O)c4Cl)ncc3cc2Cl)[C@H](F)C1. The fourth-order valence-corrected chi connectivity index (χ4v) is 5.33. The van der Waals surface area contributed by atoms with Crippen LogP contribution in [0.4, 0.5) is 16.0 Å². The Morgan fingerprint density at radius 1 is 1.29 bits per heavy atom. The molecule has 188 valence electrons. The van der Waals surface area contributed by atoms with Gasteiger partial charge in [0.15, 0.2) is 5.15 Å². The molecule has 8 nitrogen and oxygen atoms in total. The van der Waals surface area contributed by atoms with E-state index in [0.717, 1.165) is 17.5 Å². The molecule has 2 N–H and O–H groups in total. The van der Waals surface area contributed by atoms with Crippen LogP contribution in [0.25, 0.3) is 10.9 Å². The van der Waals surface area contributed by atoms with E-state index in [9.17, 15) is 5.11 Å². The molecule has 2 aromatic heterocycles. The summed E-state index contributed by atoms with van der Waals surface area (Å²) in [6.07, 6.45) is 3.04. The lowest BCUT2D eigenvalue weighted by Crippen LogP contribution is -2.58. The Hall–Kier alpha value is -2.04. The van der Waals surface area contributed by atoms with Crippen LogP contribution in [0.3, 0.4) is 0 Å². The predicted octanol–water partition coefficient (Wildman–Crippen LogP) is 4.56. The molecule has 0 unspecified atom stereocenters. The van der Waals surface area contributed by atoms with Gasteiger partial charge in [-0.2, -0.15) is 5.10 Å². The van der Waals surface area contributed by atoms with Gasteiger partial charge in [-0.15, -0.1) is 0 Å². The first kappa shape index (κ1) is 24.6. The second-order valence-electron chi connectivity index (χ2n) is 10.1. The summed E-state index contributed by atoms with van der Waals surface area (Å²) in [6.45, 7) is 7.49. The molecule has 2 fully saturated rings. The van der Waals surface area contributed by atoms with E-state index in [2.05, 4.69) is 25.3 Å². The smallest absolute Gasteiger partial charge is 0.227 e. The fourth-order valence-electron chi connectivity index (χ4n) is 4.82. The molecule has 3 aromatic rings. The number of aromatic nitrogens is 4. The number of piperidine rings is 1. The third kappa shape index (κ3) is 5.11. The molecule has 4 atom stereocenters. The van der Waals surface area contributed by atoms with Gasteiger partial charge in [0.2, 0.25) is 5.95 Å². The third-order valence-corrected chi connectivity index (χ3v) is 7.50. The topological polar surface area (TPSA) is 88.3 Å². The van der Waals surface area contributed by atoms with Gasteiger partial charge in [0, 0.05) is 29.1 Å². The summed E-state index contributed by atoms with van der Waals surface area (Å²) in [6, 6.07) is 3.96. The lowest BCUT2D eigenvalue weighted by Gasteiger charge is -2.46. The van der Waals surface area contributed by atoms with Crippen molar-refractivity contribution in [2.75, 3.05) is 25.0 Å². The molecule has 11 heteroatoms. The summed E-state index contributed by atoms with van der Waals surface area (Å²) in [5.41, 5.74) is 0.994. The van der Waals surface area contributed by atoms with E-state index in [0.29, 0.717) is 52.9 Å². The van der Waals surface area contributed by atoms with E-state index >= 15 is 4.39 Å². The van der Waals surface area contributed by atoms with E-state index in [1.165, 1.54) is 4.68 Å². The minimum atomic E-state index is -1.02. The molecule has 4 heterocycles. The Morgan fingerprint density at radius 2 is 2.09 bits per heavy atom. The second kappa shape index (κ2) is 9.44. The van der Waals surface area contributed by atoms with Crippen molar-refractivity contribution < 1.29 is 14.2 Å². The minimum Gasteiger partial charge on any atom is -0.389 e. The molecule has 0 saturated carbocycles. The van der Waals surface area contributed by atoms with Crippen molar-refractivity contribution >= 4 is 45.7 Å². The van der Waals surface area contributed by atoms with Crippen molar-refractivity contribution in [3.05, 3.63) is 40.3 Å². The van der Waals surface area contributed by atoms with Crippen LogP contribution < -0.4 is 5.32 Å². The maximum atomic E-state index is 15.3. The van der Waals surface area contributed by atoms with E-state index in [-0.39, 0.29) is 18.6 Å². The number of benzene rings is 1. The number of fused-ring (bicyclic) bond motifs is 1. The van der Waals surface area contributed by atoms with E-state index in [1.54, 1.807) is 32.3 Å². The molecule has 0 spiro atoms. The van der Waals surface area contributed by atoms with Gasteiger partial charge in [-0.05, 0) is 51.4 Å². The number of hydrogen-bond donors (Lipinski definition) is 2. The van der Waals surface area contributed by atoms with Gasteiger partial charge in [-0.25, -0.2) is 19.0 Å². The van der Waals surface area contributed by atoms with Crippen LogP contribution in [0.1, 0.15) is 38.7 Å². The summed E-state index contributed by atoms with van der Waals surface area (Å²) in [5, 5.41) is 19.0. The lowest BCUT2D eigenvalue weighted by atomic mass is 9.86. The first-order chi connectivity index (χ1) is 16.6. The summed E-state index contributed by atoms with van der Waals surface area (Å²) in [7, 11) is 0. The zero-order valence-corrected chi connectivity index (χ0v) is 21.4. The van der Waals surface area contributed by atoms with Crippen LogP contribution in [0.15, 0.2) is 24.5 Å². The molecule has 1 aromatic carbocycles. The minimum absolute atomic E-state index is 0.154. The Bertz CT molecular complexity index is 1230. The zero-order valence-electron chi connectivity index (χ0n) is 19.9. The second-order valence-corrected chi connectivity index (χ2v) is 10.8. The molecular weight excluding hydrogens is 494 g/mol. The molecule has 35 heavy (non-hydrogen) atoms. The van der Waals surface area contributed by atoms with Gasteiger partial charge in [-0.3, -0.25) is 4.90 Å². The largest absolute Gasteiger partial charge is 0.389 e. The van der Waals surface area contributed by atoms with Crippen LogP contribution in [0.2, 0.25) is 10.2 Å². The molecular formula is C24H29Cl2FN6O2. The van der Waals surface area contributed by atoms with Crippen LogP contribution in [0.5, 0.6) is 0 Å². The van der Waals surface area contributed by atoms with Crippen molar-refractivity contribution in [1.29, 1.82) is 0 Å². The van der Waals surface area contributed by atoms with Gasteiger partial charge in [0.05, 0.1) is 48.3 Å². The standard InChI is InChI=1S/C24H29Cl2FN6O2/c1-13-21(11-35-13)32-5-4-15(18(27)10-32)16-7-19-14(6-17(16)25)8-28-23(30-19)31-20-9-29-33(22(20)26)12-24(2,3)34/h6-9,13,15,18,21,34H,4-5,10-12H2,1-3H3,(H,28,30,31)/t13-,15+,18-,21+/m1/s1. The highest BCUT2D eigenvalue weighted by Gasteiger charge is 2.40. The molecule has 0 bridgehead atoms. The van der Waals surface area contributed by atoms with Gasteiger partial charge < -0.3 is 15.2 Å². The molecule has 0 aliphatic carbocycles. The molecule has 0 amide bonds. The van der Waals surface area contributed by atoms with Gasteiger partial charge >= 0.3 is 0 Å². The Kier molecular flexibility index (Phi) is 6.65. The summed E-state index contributed by atoms with van der Waals surface area (Å²) < 4.78 is 22.3. The van der Waals surface area contributed by atoms with Crippen LogP contribution in [0, 0.1) is 0 Å². The van der Waals surface area contributed by atoms with Gasteiger partial charge in [0.1, 0.15) is 6.17 Å². The lowest BCUT2D eigenvalue weighted by molar-refractivity contribution is -0.134. The number of rotatable bonds is 6. The van der Waals surface area contributed by atoms with Crippen molar-refractivity contribution in [3.63, 3.8) is 0 Å². The van der Waals surface area contributed by atoms with Gasteiger partial charge in [0.25, 0.3) is 0 Å². The first-order valence-electron chi connectivity index (χ1n) is 11.8. The average Bonchev–Trinajstić information content (AvgIpc) is 3.10. The highest BCUT2D eigenvalue weighted by molar-refractivity contribution is 6.32. The zero-order chi connectivity index (χ0) is 24.9. The fraction of sp³-hybridized carbons (Fsp3) is 0.542. The van der Waals surface area contributed by atoms with E-state index in [1.807, 2.05) is 13.0 Å². The number of nitrogens with zero attached hydrogens (tertiary/aromatic N) is 5. The van der Waals surface area contributed by atoms with Gasteiger partial charge in [-0.1, -0.05) is 23.2 Å². The molecule has 5 rings (SSSR count). The average molecular weight is 523 g/mol. The Balaban J connectivity index is 1.36. The number of alkyl halides is 1. The number of halogens is 3. The quantitative estimate of drug-likeness (QED) is 0.490. The van der Waals surface area contributed by atoms with Crippen molar-refractivity contribution in [2.45, 2.75) is 63.6 Å².